The van der Waals surface area contributed by atoms with Gasteiger partial charge in [-0.3, -0.25) is 4.79 Å². The van der Waals surface area contributed by atoms with Crippen LogP contribution >= 0.6 is 0 Å². The Morgan fingerprint density at radius 2 is 1.41 bits per heavy atom. The Kier molecular flexibility index (Phi) is 10.8. The standard InChI is InChI=1S/C25H42O4/c1-4-5-6-8-20-9-11-21(12-10-20)22-13-15-23(16-14-22)25(27)29-18-7-17-28-24(26)19(2)3/h20-23H,2,4-18H2,1,3H3. The molecule has 0 N–H and O–H groups in total. The summed E-state index contributed by atoms with van der Waals surface area (Å²) >= 11 is 0. The first-order valence-electron chi connectivity index (χ1n) is 12.0. The van der Waals surface area contributed by atoms with Crippen LogP contribution in [0.25, 0.3) is 0 Å². The molecule has 0 atom stereocenters. The minimum Gasteiger partial charge on any atom is -0.465 e. The molecule has 0 saturated heterocycles. The van der Waals surface area contributed by atoms with E-state index in [2.05, 4.69) is 13.5 Å². The molecule has 0 heterocycles. The van der Waals surface area contributed by atoms with E-state index in [-0.39, 0.29) is 24.5 Å². The van der Waals surface area contributed by atoms with Crippen molar-refractivity contribution in [2.24, 2.45) is 23.7 Å². The van der Waals surface area contributed by atoms with Crippen LogP contribution in [0.1, 0.15) is 97.3 Å². The van der Waals surface area contributed by atoms with E-state index in [1.165, 1.54) is 64.2 Å². The van der Waals surface area contributed by atoms with Gasteiger partial charge in [0.2, 0.25) is 0 Å². The van der Waals surface area contributed by atoms with Gasteiger partial charge in [0.15, 0.2) is 0 Å². The van der Waals surface area contributed by atoms with Crippen molar-refractivity contribution < 1.29 is 19.1 Å². The molecule has 0 unspecified atom stereocenters. The first kappa shape index (κ1) is 24.0. The summed E-state index contributed by atoms with van der Waals surface area (Å²) in [6.45, 7) is 8.04. The van der Waals surface area contributed by atoms with Gasteiger partial charge in [-0.05, 0) is 63.2 Å². The predicted octanol–water partition coefficient (Wildman–Crippen LogP) is 6.23. The Balaban J connectivity index is 1.56. The van der Waals surface area contributed by atoms with Crippen LogP contribution in [0.5, 0.6) is 0 Å². The van der Waals surface area contributed by atoms with Gasteiger partial charge >= 0.3 is 11.9 Å². The Morgan fingerprint density at radius 3 is 2.00 bits per heavy atom. The lowest BCUT2D eigenvalue weighted by Gasteiger charge is -2.37. The predicted molar refractivity (Wildman–Crippen MR) is 116 cm³/mol. The molecule has 2 aliphatic rings. The van der Waals surface area contributed by atoms with Gasteiger partial charge in [-0.1, -0.05) is 52.0 Å². The van der Waals surface area contributed by atoms with Gasteiger partial charge in [0.25, 0.3) is 0 Å². The third-order valence-corrected chi connectivity index (χ3v) is 6.99. The summed E-state index contributed by atoms with van der Waals surface area (Å²) in [7, 11) is 0. The minimum atomic E-state index is -0.385. The normalized spacial score (nSPS) is 27.2. The van der Waals surface area contributed by atoms with Gasteiger partial charge in [0.1, 0.15) is 0 Å². The van der Waals surface area contributed by atoms with Crippen LogP contribution in [-0.4, -0.2) is 25.2 Å². The number of carbonyl (C=O) groups is 2. The zero-order valence-corrected chi connectivity index (χ0v) is 18.8. The summed E-state index contributed by atoms with van der Waals surface area (Å²) in [4.78, 5) is 23.6. The van der Waals surface area contributed by atoms with Crippen molar-refractivity contribution in [3.8, 4) is 0 Å². The van der Waals surface area contributed by atoms with Crippen LogP contribution in [0.3, 0.4) is 0 Å². The average Bonchev–Trinajstić information content (AvgIpc) is 2.74. The van der Waals surface area contributed by atoms with E-state index in [1.54, 1.807) is 6.92 Å². The van der Waals surface area contributed by atoms with Crippen molar-refractivity contribution in [3.05, 3.63) is 12.2 Å². The lowest BCUT2D eigenvalue weighted by atomic mass is 9.68. The highest BCUT2D eigenvalue weighted by molar-refractivity contribution is 5.86. The van der Waals surface area contributed by atoms with Crippen LogP contribution in [0.2, 0.25) is 0 Å². The summed E-state index contributed by atoms with van der Waals surface area (Å²) in [5, 5.41) is 0. The van der Waals surface area contributed by atoms with Crippen molar-refractivity contribution in [1.82, 2.24) is 0 Å². The third-order valence-electron chi connectivity index (χ3n) is 6.99. The van der Waals surface area contributed by atoms with Crippen molar-refractivity contribution in [2.45, 2.75) is 97.3 Å². The van der Waals surface area contributed by atoms with Crippen molar-refractivity contribution in [2.75, 3.05) is 13.2 Å². The molecular weight excluding hydrogens is 364 g/mol. The monoisotopic (exact) mass is 406 g/mol. The second-order valence-corrected chi connectivity index (χ2v) is 9.33. The molecule has 4 nitrogen and oxygen atoms in total. The van der Waals surface area contributed by atoms with E-state index in [4.69, 9.17) is 9.47 Å². The first-order valence-corrected chi connectivity index (χ1v) is 12.0. The van der Waals surface area contributed by atoms with Crippen LogP contribution in [-0.2, 0) is 19.1 Å². The molecule has 2 aliphatic carbocycles. The maximum absolute atomic E-state index is 12.3. The number of carbonyl (C=O) groups excluding carboxylic acids is 2. The van der Waals surface area contributed by atoms with Crippen molar-refractivity contribution in [3.63, 3.8) is 0 Å². The number of rotatable bonds is 11. The molecule has 0 amide bonds. The van der Waals surface area contributed by atoms with E-state index in [0.29, 0.717) is 18.6 Å². The minimum absolute atomic E-state index is 0.0608. The molecule has 29 heavy (non-hydrogen) atoms. The second-order valence-electron chi connectivity index (χ2n) is 9.33. The molecule has 2 saturated carbocycles. The molecule has 0 aromatic carbocycles. The lowest BCUT2D eigenvalue weighted by Crippen LogP contribution is -2.29. The Bertz CT molecular complexity index is 511. The summed E-state index contributed by atoms with van der Waals surface area (Å²) in [6.07, 6.45) is 16.1. The second kappa shape index (κ2) is 13.1. The zero-order valence-electron chi connectivity index (χ0n) is 18.8. The number of esters is 2. The third kappa shape index (κ3) is 8.52. The van der Waals surface area contributed by atoms with Gasteiger partial charge in [0, 0.05) is 12.0 Å². The van der Waals surface area contributed by atoms with Gasteiger partial charge in [-0.25, -0.2) is 4.79 Å². The molecular formula is C25H42O4. The summed E-state index contributed by atoms with van der Waals surface area (Å²) in [5.74, 6) is 2.29. The number of ether oxygens (including phenoxy) is 2. The highest BCUT2D eigenvalue weighted by Gasteiger charge is 2.33. The molecule has 2 fully saturated rings. The molecule has 0 spiro atoms. The summed E-state index contributed by atoms with van der Waals surface area (Å²) in [6, 6.07) is 0. The summed E-state index contributed by atoms with van der Waals surface area (Å²) in [5.41, 5.74) is 0.392. The number of unbranched alkanes of at least 4 members (excludes halogenated alkanes) is 2. The van der Waals surface area contributed by atoms with Crippen molar-refractivity contribution in [1.29, 1.82) is 0 Å². The fraction of sp³-hybridized carbons (Fsp3) is 0.840. The molecule has 0 aliphatic heterocycles. The maximum atomic E-state index is 12.3. The van der Waals surface area contributed by atoms with Gasteiger partial charge in [-0.15, -0.1) is 0 Å². The fourth-order valence-electron chi connectivity index (χ4n) is 5.10. The van der Waals surface area contributed by atoms with Gasteiger partial charge in [0.05, 0.1) is 19.1 Å². The Hall–Kier alpha value is -1.32. The molecule has 4 heteroatoms. The largest absolute Gasteiger partial charge is 0.465 e. The van der Waals surface area contributed by atoms with Crippen LogP contribution in [0.15, 0.2) is 12.2 Å². The maximum Gasteiger partial charge on any atom is 0.333 e. The SMILES string of the molecule is C=C(C)C(=O)OCCCOC(=O)C1CCC(C2CCC(CCCCC)CC2)CC1. The van der Waals surface area contributed by atoms with Crippen molar-refractivity contribution >= 4 is 11.9 Å². The van der Waals surface area contributed by atoms with E-state index in [1.807, 2.05) is 0 Å². The quantitative estimate of drug-likeness (QED) is 0.232. The molecule has 0 bridgehead atoms. The van der Waals surface area contributed by atoms with Crippen LogP contribution in [0, 0.1) is 23.7 Å². The number of hydrogen-bond acceptors (Lipinski definition) is 4. The lowest BCUT2D eigenvalue weighted by molar-refractivity contribution is -0.150. The molecule has 0 aromatic heterocycles. The first-order chi connectivity index (χ1) is 14.0. The Labute approximate surface area is 177 Å². The fourth-order valence-corrected chi connectivity index (χ4v) is 5.10. The highest BCUT2D eigenvalue weighted by Crippen LogP contribution is 2.42. The topological polar surface area (TPSA) is 52.6 Å². The van der Waals surface area contributed by atoms with Crippen LogP contribution < -0.4 is 0 Å². The molecule has 0 aromatic rings. The molecule has 0 radical (unpaired) electrons. The smallest absolute Gasteiger partial charge is 0.333 e. The molecule has 166 valence electrons. The van der Waals surface area contributed by atoms with Gasteiger partial charge in [-0.2, -0.15) is 0 Å². The van der Waals surface area contributed by atoms with E-state index in [0.717, 1.165) is 30.6 Å². The van der Waals surface area contributed by atoms with E-state index < -0.39 is 0 Å². The van der Waals surface area contributed by atoms with Crippen LogP contribution in [0.4, 0.5) is 0 Å². The highest BCUT2D eigenvalue weighted by atomic mass is 16.5. The zero-order chi connectivity index (χ0) is 21.1. The summed E-state index contributed by atoms with van der Waals surface area (Å²) < 4.78 is 10.4. The Morgan fingerprint density at radius 1 is 0.828 bits per heavy atom. The number of hydrogen-bond donors (Lipinski definition) is 0. The van der Waals surface area contributed by atoms with E-state index in [9.17, 15) is 9.59 Å². The average molecular weight is 407 g/mol. The van der Waals surface area contributed by atoms with E-state index >= 15 is 0 Å². The van der Waals surface area contributed by atoms with Gasteiger partial charge < -0.3 is 9.47 Å². The molecule has 2 rings (SSSR count).